The highest BCUT2D eigenvalue weighted by Crippen LogP contribution is 2.47. The van der Waals surface area contributed by atoms with E-state index in [9.17, 15) is 19.5 Å². The summed E-state index contributed by atoms with van der Waals surface area (Å²) >= 11 is 6.16. The van der Waals surface area contributed by atoms with Crippen LogP contribution in [0.4, 0.5) is 11.4 Å². The van der Waals surface area contributed by atoms with Crippen LogP contribution in [0.5, 0.6) is 0 Å². The third kappa shape index (κ3) is 4.64. The second kappa shape index (κ2) is 9.99. The molecule has 0 bridgehead atoms. The average molecular weight is 501 g/mol. The minimum absolute atomic E-state index is 0.0113. The van der Waals surface area contributed by atoms with E-state index in [4.69, 9.17) is 11.6 Å². The van der Waals surface area contributed by atoms with E-state index in [1.807, 2.05) is 66.7 Å². The van der Waals surface area contributed by atoms with Crippen molar-refractivity contribution in [1.82, 2.24) is 0 Å². The number of carbonyl (C=O) groups excluding carboxylic acids is 2. The monoisotopic (exact) mass is 500 g/mol. The number of carboxylic acids is 1. The molecule has 2 atom stereocenters. The Kier molecular flexibility index (Phi) is 6.61. The van der Waals surface area contributed by atoms with Crippen LogP contribution >= 0.6 is 11.6 Å². The van der Waals surface area contributed by atoms with Crippen LogP contribution in [0.1, 0.15) is 48.8 Å². The summed E-state index contributed by atoms with van der Waals surface area (Å²) < 4.78 is 0. The van der Waals surface area contributed by atoms with Crippen LogP contribution in [0.3, 0.4) is 0 Å². The van der Waals surface area contributed by atoms with E-state index in [2.05, 4.69) is 5.32 Å². The standard InChI is InChI=1S/C29H25ClN2O4/c30-21-12-10-19(11-13-21)29-28-23(16-20(17-25(28)33)18-6-2-1-3-7-18)31-22-8-4-5-9-24(22)32(29)26(34)14-15-27(35)36/h1-13,20,29,31H,14-17H2,(H,35,36)/t20-,29-/m1/s1. The Morgan fingerprint density at radius 3 is 2.31 bits per heavy atom. The third-order valence-electron chi connectivity index (χ3n) is 6.77. The first-order valence-electron chi connectivity index (χ1n) is 11.9. The van der Waals surface area contributed by atoms with Crippen molar-refractivity contribution in [3.8, 4) is 0 Å². The maximum Gasteiger partial charge on any atom is 0.303 e. The van der Waals surface area contributed by atoms with Crippen molar-refractivity contribution >= 4 is 40.6 Å². The van der Waals surface area contributed by atoms with Crippen molar-refractivity contribution in [1.29, 1.82) is 0 Å². The van der Waals surface area contributed by atoms with Gasteiger partial charge in [0.2, 0.25) is 5.91 Å². The molecule has 1 amide bonds. The Balaban J connectivity index is 1.68. The molecule has 0 aromatic heterocycles. The minimum Gasteiger partial charge on any atom is -0.481 e. The molecule has 5 rings (SSSR count). The Morgan fingerprint density at radius 1 is 0.889 bits per heavy atom. The number of carboxylic acid groups (broad SMARTS) is 1. The van der Waals surface area contributed by atoms with E-state index in [1.165, 1.54) is 0 Å². The Hall–Kier alpha value is -3.90. The van der Waals surface area contributed by atoms with Gasteiger partial charge in [0.15, 0.2) is 5.78 Å². The van der Waals surface area contributed by atoms with Crippen molar-refractivity contribution in [3.05, 3.63) is 106 Å². The highest BCUT2D eigenvalue weighted by atomic mass is 35.5. The van der Waals surface area contributed by atoms with Crippen LogP contribution in [-0.2, 0) is 14.4 Å². The fraction of sp³-hybridized carbons (Fsp3) is 0.207. The van der Waals surface area contributed by atoms with Gasteiger partial charge in [-0.1, -0.05) is 66.2 Å². The van der Waals surface area contributed by atoms with Crippen LogP contribution in [-0.4, -0.2) is 22.8 Å². The first-order valence-corrected chi connectivity index (χ1v) is 12.3. The Bertz CT molecular complexity index is 1350. The van der Waals surface area contributed by atoms with Crippen molar-refractivity contribution < 1.29 is 19.5 Å². The first kappa shape index (κ1) is 23.8. The fourth-order valence-corrected chi connectivity index (χ4v) is 5.25. The molecule has 36 heavy (non-hydrogen) atoms. The van der Waals surface area contributed by atoms with E-state index in [0.717, 1.165) is 16.8 Å². The molecule has 0 spiro atoms. The summed E-state index contributed by atoms with van der Waals surface area (Å²) in [6.07, 6.45) is 0.453. The van der Waals surface area contributed by atoms with Crippen LogP contribution in [0.15, 0.2) is 90.1 Å². The quantitative estimate of drug-likeness (QED) is 0.441. The number of allylic oxidation sites excluding steroid dienone is 1. The predicted octanol–water partition coefficient (Wildman–Crippen LogP) is 6.11. The van der Waals surface area contributed by atoms with Crippen LogP contribution < -0.4 is 10.2 Å². The summed E-state index contributed by atoms with van der Waals surface area (Å²) in [4.78, 5) is 40.3. The average Bonchev–Trinajstić information content (AvgIpc) is 3.03. The number of halogens is 1. The molecule has 1 aliphatic heterocycles. The van der Waals surface area contributed by atoms with Gasteiger partial charge in [0.25, 0.3) is 0 Å². The number of hydrogen-bond acceptors (Lipinski definition) is 4. The van der Waals surface area contributed by atoms with Crippen LogP contribution in [0.2, 0.25) is 5.02 Å². The number of para-hydroxylation sites is 2. The predicted molar refractivity (Wildman–Crippen MR) is 139 cm³/mol. The maximum atomic E-state index is 13.8. The van der Waals surface area contributed by atoms with Gasteiger partial charge in [-0.15, -0.1) is 0 Å². The van der Waals surface area contributed by atoms with Crippen molar-refractivity contribution in [3.63, 3.8) is 0 Å². The smallest absolute Gasteiger partial charge is 0.303 e. The molecule has 182 valence electrons. The zero-order valence-corrected chi connectivity index (χ0v) is 20.2. The molecule has 0 saturated carbocycles. The van der Waals surface area contributed by atoms with Crippen molar-refractivity contribution in [2.45, 2.75) is 37.6 Å². The van der Waals surface area contributed by atoms with E-state index in [1.54, 1.807) is 17.0 Å². The molecule has 3 aromatic rings. The number of Topliss-reactive ketones (excluding diaryl/α,β-unsaturated/α-hetero) is 1. The molecule has 0 fully saturated rings. The summed E-state index contributed by atoms with van der Waals surface area (Å²) in [7, 11) is 0. The Morgan fingerprint density at radius 2 is 1.58 bits per heavy atom. The number of rotatable bonds is 5. The SMILES string of the molecule is O=C(O)CCC(=O)N1c2ccccc2NC2=C(C(=O)C[C@H](c3ccccc3)C2)[C@H]1c1ccc(Cl)cc1. The number of hydrogen-bond donors (Lipinski definition) is 2. The van der Waals surface area contributed by atoms with E-state index < -0.39 is 12.0 Å². The number of ketones is 1. The second-order valence-electron chi connectivity index (χ2n) is 9.08. The van der Waals surface area contributed by atoms with E-state index >= 15 is 0 Å². The van der Waals surface area contributed by atoms with Gasteiger partial charge >= 0.3 is 5.97 Å². The van der Waals surface area contributed by atoms with Crippen molar-refractivity contribution in [2.75, 3.05) is 10.2 Å². The number of nitrogens with one attached hydrogen (secondary N) is 1. The summed E-state index contributed by atoms with van der Waals surface area (Å²) in [6, 6.07) is 23.8. The molecule has 2 N–H and O–H groups in total. The fourth-order valence-electron chi connectivity index (χ4n) is 5.12. The summed E-state index contributed by atoms with van der Waals surface area (Å²) in [5, 5.41) is 13.3. The van der Waals surface area contributed by atoms with Crippen molar-refractivity contribution in [2.24, 2.45) is 0 Å². The highest BCUT2D eigenvalue weighted by Gasteiger charge is 2.41. The van der Waals surface area contributed by atoms with Gasteiger partial charge < -0.3 is 10.4 Å². The van der Waals surface area contributed by atoms with E-state index in [-0.39, 0.29) is 30.4 Å². The summed E-state index contributed by atoms with van der Waals surface area (Å²) in [5.41, 5.74) is 4.44. The third-order valence-corrected chi connectivity index (χ3v) is 7.02. The molecule has 0 radical (unpaired) electrons. The van der Waals surface area contributed by atoms with Gasteiger partial charge in [-0.25, -0.2) is 0 Å². The lowest BCUT2D eigenvalue weighted by molar-refractivity contribution is -0.138. The zero-order chi connectivity index (χ0) is 25.2. The van der Waals surface area contributed by atoms with Crippen LogP contribution in [0.25, 0.3) is 0 Å². The second-order valence-corrected chi connectivity index (χ2v) is 9.52. The highest BCUT2D eigenvalue weighted by molar-refractivity contribution is 6.30. The van der Waals surface area contributed by atoms with Gasteiger partial charge in [-0.05, 0) is 47.7 Å². The van der Waals surface area contributed by atoms with Gasteiger partial charge in [0, 0.05) is 29.1 Å². The van der Waals surface area contributed by atoms with Gasteiger partial charge in [0.05, 0.1) is 23.8 Å². The summed E-state index contributed by atoms with van der Waals surface area (Å²) in [6.45, 7) is 0. The van der Waals surface area contributed by atoms with E-state index in [0.29, 0.717) is 34.8 Å². The summed E-state index contributed by atoms with van der Waals surface area (Å²) in [5.74, 6) is -1.44. The molecular formula is C29H25ClN2O4. The molecule has 2 aliphatic rings. The van der Waals surface area contributed by atoms with Gasteiger partial charge in [-0.2, -0.15) is 0 Å². The molecular weight excluding hydrogens is 476 g/mol. The topological polar surface area (TPSA) is 86.7 Å². The molecule has 0 saturated heterocycles. The van der Waals surface area contributed by atoms with Gasteiger partial charge in [0.1, 0.15) is 0 Å². The molecule has 1 aliphatic carbocycles. The number of nitrogens with zero attached hydrogens (tertiary/aromatic N) is 1. The number of fused-ring (bicyclic) bond motifs is 1. The lowest BCUT2D eigenvalue weighted by atomic mass is 9.78. The first-order chi connectivity index (χ1) is 17.4. The molecule has 6 nitrogen and oxygen atoms in total. The maximum absolute atomic E-state index is 13.8. The molecule has 0 unspecified atom stereocenters. The number of benzene rings is 3. The number of anilines is 2. The molecule has 3 aromatic carbocycles. The largest absolute Gasteiger partial charge is 0.481 e. The minimum atomic E-state index is -1.05. The van der Waals surface area contributed by atoms with Crippen LogP contribution in [0, 0.1) is 0 Å². The number of carbonyl (C=O) groups is 3. The molecule has 1 heterocycles. The zero-order valence-electron chi connectivity index (χ0n) is 19.5. The number of aliphatic carboxylic acids is 1. The number of amides is 1. The lowest BCUT2D eigenvalue weighted by Gasteiger charge is -2.35. The Labute approximate surface area is 214 Å². The lowest BCUT2D eigenvalue weighted by Crippen LogP contribution is -2.38. The normalized spacial score (nSPS) is 19.1. The van der Waals surface area contributed by atoms with Gasteiger partial charge in [-0.3, -0.25) is 19.3 Å². The molecule has 7 heteroatoms.